The highest BCUT2D eigenvalue weighted by atomic mass is 15.1. The minimum absolute atomic E-state index is 0.936. The zero-order valence-corrected chi connectivity index (χ0v) is 15.6. The summed E-state index contributed by atoms with van der Waals surface area (Å²) in [6.07, 6.45) is 0. The Morgan fingerprint density at radius 3 is 2.04 bits per heavy atom. The average Bonchev–Trinajstić information content (AvgIpc) is 3.14. The maximum Gasteiger partial charge on any atom is 0.145 e. The Hall–Kier alpha value is -3.72. The second-order valence-corrected chi connectivity index (χ2v) is 6.84. The predicted octanol–water partition coefficient (Wildman–Crippen LogP) is 6.06. The van der Waals surface area contributed by atoms with Crippen LogP contribution in [0.3, 0.4) is 0 Å². The van der Waals surface area contributed by atoms with Crippen LogP contribution >= 0.6 is 0 Å². The van der Waals surface area contributed by atoms with Crippen LogP contribution in [0.25, 0.3) is 39.4 Å². The second-order valence-electron chi connectivity index (χ2n) is 6.84. The fourth-order valence-electron chi connectivity index (χ4n) is 3.60. The Morgan fingerprint density at radius 2 is 1.29 bits per heavy atom. The van der Waals surface area contributed by atoms with E-state index in [1.165, 1.54) is 0 Å². The summed E-state index contributed by atoms with van der Waals surface area (Å²) < 4.78 is 2.23. The number of nitrogens with zero attached hydrogens (tertiary/aromatic N) is 3. The van der Waals surface area contributed by atoms with Crippen molar-refractivity contribution in [1.29, 1.82) is 0 Å². The Morgan fingerprint density at radius 1 is 0.643 bits per heavy atom. The SMILES string of the molecule is Cc1cc(-n2c(-c3ccccc3)nc3ccccc32)cc(-c2ccccc2)n1. The maximum atomic E-state index is 4.93. The molecule has 5 aromatic rings. The van der Waals surface area contributed by atoms with Gasteiger partial charge in [-0.05, 0) is 31.2 Å². The van der Waals surface area contributed by atoms with Crippen LogP contribution in [0.1, 0.15) is 5.69 Å². The van der Waals surface area contributed by atoms with Crippen LogP contribution in [-0.2, 0) is 0 Å². The van der Waals surface area contributed by atoms with Gasteiger partial charge in [-0.3, -0.25) is 9.55 Å². The number of benzene rings is 3. The lowest BCUT2D eigenvalue weighted by molar-refractivity contribution is 1.07. The molecular weight excluding hydrogens is 342 g/mol. The van der Waals surface area contributed by atoms with Crippen molar-refractivity contribution in [1.82, 2.24) is 14.5 Å². The summed E-state index contributed by atoms with van der Waals surface area (Å²) >= 11 is 0. The largest absolute Gasteiger partial charge is 0.292 e. The maximum absolute atomic E-state index is 4.93. The first-order chi connectivity index (χ1) is 13.8. The zero-order chi connectivity index (χ0) is 18.9. The third kappa shape index (κ3) is 2.87. The van der Waals surface area contributed by atoms with E-state index in [1.54, 1.807) is 0 Å². The molecule has 2 heterocycles. The van der Waals surface area contributed by atoms with Gasteiger partial charge in [0.05, 0.1) is 22.4 Å². The first-order valence-electron chi connectivity index (χ1n) is 9.37. The molecule has 0 unspecified atom stereocenters. The predicted molar refractivity (Wildman–Crippen MR) is 114 cm³/mol. The molecule has 0 fully saturated rings. The minimum Gasteiger partial charge on any atom is -0.292 e. The average molecular weight is 361 g/mol. The van der Waals surface area contributed by atoms with Crippen LogP contribution in [-0.4, -0.2) is 14.5 Å². The Kier molecular flexibility index (Phi) is 3.99. The second kappa shape index (κ2) is 6.78. The van der Waals surface area contributed by atoms with E-state index in [4.69, 9.17) is 9.97 Å². The summed E-state index contributed by atoms with van der Waals surface area (Å²) in [7, 11) is 0. The van der Waals surface area contributed by atoms with E-state index in [1.807, 2.05) is 49.4 Å². The number of hydrogen-bond acceptors (Lipinski definition) is 2. The number of aryl methyl sites for hydroxylation is 1. The van der Waals surface area contributed by atoms with E-state index in [9.17, 15) is 0 Å². The Bertz CT molecular complexity index is 1260. The molecule has 0 bridgehead atoms. The van der Waals surface area contributed by atoms with Crippen LogP contribution in [0.5, 0.6) is 0 Å². The van der Waals surface area contributed by atoms with Crippen molar-refractivity contribution in [3.05, 3.63) is 103 Å². The molecule has 3 aromatic carbocycles. The van der Waals surface area contributed by atoms with Gasteiger partial charge < -0.3 is 0 Å². The van der Waals surface area contributed by atoms with Crippen molar-refractivity contribution < 1.29 is 0 Å². The summed E-state index contributed by atoms with van der Waals surface area (Å²) in [6, 6.07) is 33.1. The highest BCUT2D eigenvalue weighted by Crippen LogP contribution is 2.30. The Balaban J connectivity index is 1.79. The van der Waals surface area contributed by atoms with Crippen molar-refractivity contribution in [2.75, 3.05) is 0 Å². The fourth-order valence-corrected chi connectivity index (χ4v) is 3.60. The van der Waals surface area contributed by atoms with Gasteiger partial charge in [-0.1, -0.05) is 72.8 Å². The quantitative estimate of drug-likeness (QED) is 0.391. The van der Waals surface area contributed by atoms with Gasteiger partial charge in [-0.25, -0.2) is 4.98 Å². The van der Waals surface area contributed by atoms with Gasteiger partial charge in [0.25, 0.3) is 0 Å². The van der Waals surface area contributed by atoms with Gasteiger partial charge in [-0.15, -0.1) is 0 Å². The van der Waals surface area contributed by atoms with E-state index in [0.29, 0.717) is 0 Å². The number of hydrogen-bond donors (Lipinski definition) is 0. The lowest BCUT2D eigenvalue weighted by atomic mass is 10.1. The molecule has 2 aromatic heterocycles. The van der Waals surface area contributed by atoms with Crippen LogP contribution in [0.4, 0.5) is 0 Å². The highest BCUT2D eigenvalue weighted by molar-refractivity contribution is 5.83. The van der Waals surface area contributed by atoms with Crippen molar-refractivity contribution in [2.45, 2.75) is 6.92 Å². The number of para-hydroxylation sites is 2. The molecule has 134 valence electrons. The molecule has 0 aliphatic heterocycles. The van der Waals surface area contributed by atoms with Crippen LogP contribution in [0, 0.1) is 6.92 Å². The van der Waals surface area contributed by atoms with Gasteiger partial charge in [0, 0.05) is 16.8 Å². The summed E-state index contributed by atoms with van der Waals surface area (Å²) in [5.41, 5.74) is 7.29. The molecule has 0 spiro atoms. The van der Waals surface area contributed by atoms with Gasteiger partial charge in [0.15, 0.2) is 0 Å². The molecule has 0 atom stereocenters. The van der Waals surface area contributed by atoms with Crippen molar-refractivity contribution in [2.24, 2.45) is 0 Å². The van der Waals surface area contributed by atoms with E-state index in [2.05, 4.69) is 59.2 Å². The monoisotopic (exact) mass is 361 g/mol. The van der Waals surface area contributed by atoms with Crippen LogP contribution in [0.2, 0.25) is 0 Å². The third-order valence-electron chi connectivity index (χ3n) is 4.86. The molecule has 0 saturated carbocycles. The molecule has 0 aliphatic rings. The number of fused-ring (bicyclic) bond motifs is 1. The van der Waals surface area contributed by atoms with Gasteiger partial charge >= 0.3 is 0 Å². The van der Waals surface area contributed by atoms with E-state index >= 15 is 0 Å². The third-order valence-corrected chi connectivity index (χ3v) is 4.86. The van der Waals surface area contributed by atoms with E-state index in [0.717, 1.165) is 45.1 Å². The number of rotatable bonds is 3. The molecule has 5 rings (SSSR count). The first-order valence-corrected chi connectivity index (χ1v) is 9.37. The van der Waals surface area contributed by atoms with E-state index in [-0.39, 0.29) is 0 Å². The molecule has 0 N–H and O–H groups in total. The van der Waals surface area contributed by atoms with Gasteiger partial charge in [0.2, 0.25) is 0 Å². The summed E-state index contributed by atoms with van der Waals surface area (Å²) in [6.45, 7) is 2.04. The lowest BCUT2D eigenvalue weighted by Crippen LogP contribution is -2.00. The number of aromatic nitrogens is 3. The lowest BCUT2D eigenvalue weighted by Gasteiger charge is -2.12. The van der Waals surface area contributed by atoms with Gasteiger partial charge in [-0.2, -0.15) is 0 Å². The number of imidazole rings is 1. The standard InChI is InChI=1S/C25H19N3/c1-18-16-21(17-23(26-18)19-10-4-2-5-11-19)28-24-15-9-8-14-22(24)27-25(28)20-12-6-3-7-13-20/h2-17H,1H3. The number of pyridine rings is 1. The van der Waals surface area contributed by atoms with Crippen molar-refractivity contribution >= 4 is 11.0 Å². The zero-order valence-electron chi connectivity index (χ0n) is 15.6. The minimum atomic E-state index is 0.936. The van der Waals surface area contributed by atoms with Crippen LogP contribution in [0.15, 0.2) is 97.1 Å². The summed E-state index contributed by atoms with van der Waals surface area (Å²) in [5, 5.41) is 0. The highest BCUT2D eigenvalue weighted by Gasteiger charge is 2.15. The van der Waals surface area contributed by atoms with Crippen molar-refractivity contribution in [3.63, 3.8) is 0 Å². The topological polar surface area (TPSA) is 30.7 Å². The molecule has 0 aliphatic carbocycles. The normalized spacial score (nSPS) is 11.0. The molecule has 0 saturated heterocycles. The van der Waals surface area contributed by atoms with Crippen LogP contribution < -0.4 is 0 Å². The van der Waals surface area contributed by atoms with E-state index < -0.39 is 0 Å². The summed E-state index contributed by atoms with van der Waals surface area (Å²) in [4.78, 5) is 9.70. The van der Waals surface area contributed by atoms with Crippen molar-refractivity contribution in [3.8, 4) is 28.3 Å². The molecule has 3 nitrogen and oxygen atoms in total. The van der Waals surface area contributed by atoms with Gasteiger partial charge in [0.1, 0.15) is 5.82 Å². The Labute approximate surface area is 164 Å². The smallest absolute Gasteiger partial charge is 0.145 e. The molecule has 0 amide bonds. The molecule has 3 heteroatoms. The first kappa shape index (κ1) is 16.5. The molecular formula is C25H19N3. The summed E-state index contributed by atoms with van der Waals surface area (Å²) in [5.74, 6) is 0.936. The molecule has 0 radical (unpaired) electrons. The molecule has 28 heavy (non-hydrogen) atoms. The fraction of sp³-hybridized carbons (Fsp3) is 0.0400.